The topological polar surface area (TPSA) is 9.23 Å². The molecule has 1 nitrogen and oxygen atoms in total. The molecule has 13 heavy (non-hydrogen) atoms. The first-order chi connectivity index (χ1) is 6.04. The van der Waals surface area contributed by atoms with E-state index >= 15 is 0 Å². The van der Waals surface area contributed by atoms with Crippen LogP contribution in [0, 0.1) is 5.92 Å². The molecule has 0 aliphatic heterocycles. The van der Waals surface area contributed by atoms with Gasteiger partial charge in [0.25, 0.3) is 0 Å². The van der Waals surface area contributed by atoms with E-state index in [0.717, 1.165) is 18.9 Å². The van der Waals surface area contributed by atoms with Gasteiger partial charge in [-0.25, -0.2) is 0 Å². The highest BCUT2D eigenvalue weighted by Gasteiger charge is 2.21. The average Bonchev–Trinajstić information content (AvgIpc) is 2.04. The van der Waals surface area contributed by atoms with Crippen LogP contribution in [0.15, 0.2) is 0 Å². The highest BCUT2D eigenvalue weighted by molar-refractivity contribution is 4.73. The molecule has 0 aliphatic rings. The molecule has 80 valence electrons. The van der Waals surface area contributed by atoms with Crippen molar-refractivity contribution in [2.45, 2.75) is 65.9 Å². The fourth-order valence-corrected chi connectivity index (χ4v) is 1.58. The molecule has 0 heterocycles. The molecule has 0 bridgehead atoms. The summed E-state index contributed by atoms with van der Waals surface area (Å²) in [6, 6.07) is 0. The minimum Gasteiger partial charge on any atom is -0.376 e. The molecule has 0 rings (SSSR count). The summed E-state index contributed by atoms with van der Waals surface area (Å²) in [6.45, 7) is 11.9. The molecule has 1 atom stereocenters. The van der Waals surface area contributed by atoms with E-state index in [1.54, 1.807) is 0 Å². The van der Waals surface area contributed by atoms with Gasteiger partial charge in [0.2, 0.25) is 0 Å². The van der Waals surface area contributed by atoms with Gasteiger partial charge in [-0.05, 0) is 32.6 Å². The predicted molar refractivity (Wildman–Crippen MR) is 59.0 cm³/mol. The van der Waals surface area contributed by atoms with E-state index in [4.69, 9.17) is 4.74 Å². The molecule has 0 aromatic carbocycles. The lowest BCUT2D eigenvalue weighted by Crippen LogP contribution is -2.27. The van der Waals surface area contributed by atoms with Gasteiger partial charge in [0.15, 0.2) is 0 Å². The van der Waals surface area contributed by atoms with Crippen molar-refractivity contribution >= 4 is 0 Å². The Bertz CT molecular complexity index is 120. The van der Waals surface area contributed by atoms with Gasteiger partial charge >= 0.3 is 0 Å². The second-order valence-corrected chi connectivity index (χ2v) is 4.52. The Morgan fingerprint density at radius 1 is 1.23 bits per heavy atom. The lowest BCUT2D eigenvalue weighted by Gasteiger charge is -2.28. The Kier molecular flexibility index (Phi) is 6.40. The zero-order valence-electron chi connectivity index (χ0n) is 10.0. The van der Waals surface area contributed by atoms with Crippen molar-refractivity contribution in [2.75, 3.05) is 6.61 Å². The van der Waals surface area contributed by atoms with E-state index < -0.39 is 0 Å². The number of hydrogen-bond acceptors (Lipinski definition) is 1. The van der Waals surface area contributed by atoms with Crippen LogP contribution >= 0.6 is 0 Å². The summed E-state index contributed by atoms with van der Waals surface area (Å²) < 4.78 is 5.76. The first kappa shape index (κ1) is 13.0. The summed E-state index contributed by atoms with van der Waals surface area (Å²) in [7, 11) is 0. The van der Waals surface area contributed by atoms with Crippen molar-refractivity contribution in [3.8, 4) is 0 Å². The molecule has 0 saturated carbocycles. The lowest BCUT2D eigenvalue weighted by atomic mass is 9.93. The molecule has 0 radical (unpaired) electrons. The van der Waals surface area contributed by atoms with Crippen LogP contribution in [0.3, 0.4) is 0 Å². The van der Waals surface area contributed by atoms with Gasteiger partial charge in [-0.3, -0.25) is 0 Å². The third-order valence-electron chi connectivity index (χ3n) is 2.73. The van der Waals surface area contributed by atoms with E-state index in [1.165, 1.54) is 19.3 Å². The second kappa shape index (κ2) is 6.42. The summed E-state index contributed by atoms with van der Waals surface area (Å²) >= 11 is 0. The minimum absolute atomic E-state index is 0.129. The zero-order valence-corrected chi connectivity index (χ0v) is 10.0. The highest BCUT2D eigenvalue weighted by Crippen LogP contribution is 2.23. The normalized spacial score (nSPS) is 16.2. The number of ether oxygens (including phenoxy) is 1. The van der Waals surface area contributed by atoms with Crippen LogP contribution in [0.2, 0.25) is 0 Å². The summed E-state index contributed by atoms with van der Waals surface area (Å²) in [5.74, 6) is 0.822. The first-order valence-corrected chi connectivity index (χ1v) is 5.68. The molecule has 0 aromatic heterocycles. The smallest absolute Gasteiger partial charge is 0.0651 e. The maximum absolute atomic E-state index is 5.76. The lowest BCUT2D eigenvalue weighted by molar-refractivity contribution is -0.0356. The Morgan fingerprint density at radius 3 is 2.23 bits per heavy atom. The minimum atomic E-state index is 0.129. The van der Waals surface area contributed by atoms with Crippen LogP contribution in [0.4, 0.5) is 0 Å². The van der Waals surface area contributed by atoms with Crippen LogP contribution in [-0.4, -0.2) is 12.2 Å². The van der Waals surface area contributed by atoms with Crippen molar-refractivity contribution in [1.82, 2.24) is 0 Å². The van der Waals surface area contributed by atoms with E-state index in [1.807, 2.05) is 0 Å². The standard InChI is InChI=1S/C12H26O/c1-6-12(5,13-7-2)10-8-9-11(3)4/h11H,6-10H2,1-5H3/t12-/m1/s1. The summed E-state index contributed by atoms with van der Waals surface area (Å²) in [4.78, 5) is 0. The Morgan fingerprint density at radius 2 is 1.85 bits per heavy atom. The first-order valence-electron chi connectivity index (χ1n) is 5.68. The molecule has 0 aliphatic carbocycles. The maximum atomic E-state index is 5.76. The van der Waals surface area contributed by atoms with Gasteiger partial charge in [0.05, 0.1) is 5.60 Å². The molecule has 0 saturated heterocycles. The van der Waals surface area contributed by atoms with Crippen molar-refractivity contribution in [2.24, 2.45) is 5.92 Å². The van der Waals surface area contributed by atoms with E-state index in [0.29, 0.717) is 0 Å². The van der Waals surface area contributed by atoms with Gasteiger partial charge in [-0.1, -0.05) is 33.6 Å². The summed E-state index contributed by atoms with van der Waals surface area (Å²) in [5.41, 5.74) is 0.129. The van der Waals surface area contributed by atoms with E-state index in [-0.39, 0.29) is 5.60 Å². The monoisotopic (exact) mass is 186 g/mol. The average molecular weight is 186 g/mol. The van der Waals surface area contributed by atoms with Crippen molar-refractivity contribution in [1.29, 1.82) is 0 Å². The van der Waals surface area contributed by atoms with E-state index in [9.17, 15) is 0 Å². The Hall–Kier alpha value is -0.0400. The van der Waals surface area contributed by atoms with Crippen molar-refractivity contribution in [3.63, 3.8) is 0 Å². The fraction of sp³-hybridized carbons (Fsp3) is 1.00. The van der Waals surface area contributed by atoms with Gasteiger partial charge < -0.3 is 4.74 Å². The molecular formula is C12H26O. The third kappa shape index (κ3) is 6.09. The Balaban J connectivity index is 3.69. The number of hydrogen-bond donors (Lipinski definition) is 0. The number of rotatable bonds is 7. The second-order valence-electron chi connectivity index (χ2n) is 4.52. The van der Waals surface area contributed by atoms with Crippen LogP contribution in [0.1, 0.15) is 60.3 Å². The van der Waals surface area contributed by atoms with Crippen molar-refractivity contribution < 1.29 is 4.74 Å². The molecule has 0 amide bonds. The van der Waals surface area contributed by atoms with Crippen LogP contribution in [-0.2, 0) is 4.74 Å². The van der Waals surface area contributed by atoms with Gasteiger partial charge in [-0.15, -0.1) is 0 Å². The SMILES string of the molecule is CCO[C@](C)(CC)CCCC(C)C. The molecule has 0 unspecified atom stereocenters. The largest absolute Gasteiger partial charge is 0.376 e. The zero-order chi connectivity index (χ0) is 10.3. The highest BCUT2D eigenvalue weighted by atomic mass is 16.5. The molecular weight excluding hydrogens is 160 g/mol. The van der Waals surface area contributed by atoms with Gasteiger partial charge in [-0.2, -0.15) is 0 Å². The predicted octanol–water partition coefficient (Wildman–Crippen LogP) is 4.02. The molecule has 0 aromatic rings. The molecule has 0 N–H and O–H groups in total. The van der Waals surface area contributed by atoms with Crippen LogP contribution in [0.25, 0.3) is 0 Å². The van der Waals surface area contributed by atoms with Crippen LogP contribution in [0.5, 0.6) is 0 Å². The van der Waals surface area contributed by atoms with Gasteiger partial charge in [0.1, 0.15) is 0 Å². The fourth-order valence-electron chi connectivity index (χ4n) is 1.58. The maximum Gasteiger partial charge on any atom is 0.0651 e. The Labute approximate surface area is 83.9 Å². The third-order valence-corrected chi connectivity index (χ3v) is 2.73. The van der Waals surface area contributed by atoms with Crippen LogP contribution < -0.4 is 0 Å². The summed E-state index contributed by atoms with van der Waals surface area (Å²) in [5, 5.41) is 0. The molecule has 1 heteroatoms. The summed E-state index contributed by atoms with van der Waals surface area (Å²) in [6.07, 6.45) is 4.94. The van der Waals surface area contributed by atoms with E-state index in [2.05, 4.69) is 34.6 Å². The van der Waals surface area contributed by atoms with Crippen molar-refractivity contribution in [3.05, 3.63) is 0 Å². The quantitative estimate of drug-likeness (QED) is 0.583. The van der Waals surface area contributed by atoms with Gasteiger partial charge in [0, 0.05) is 6.61 Å². The molecule has 0 spiro atoms. The molecule has 0 fully saturated rings.